The van der Waals surface area contributed by atoms with Crippen molar-refractivity contribution in [1.29, 1.82) is 0 Å². The van der Waals surface area contributed by atoms with Gasteiger partial charge in [0.05, 0.1) is 24.5 Å². The lowest BCUT2D eigenvalue weighted by atomic mass is 9.73. The predicted molar refractivity (Wildman–Crippen MR) is 171 cm³/mol. The Balaban J connectivity index is 1.61. The molecule has 5 rings (SSSR count). The van der Waals surface area contributed by atoms with Gasteiger partial charge < -0.3 is 29.7 Å². The van der Waals surface area contributed by atoms with E-state index >= 15 is 0 Å². The fourth-order valence-corrected chi connectivity index (χ4v) is 8.48. The molecule has 1 aromatic rings. The van der Waals surface area contributed by atoms with Crippen LogP contribution in [-0.2, 0) is 28.7 Å². The quantitative estimate of drug-likeness (QED) is 0.358. The summed E-state index contributed by atoms with van der Waals surface area (Å²) >= 11 is 3.59. The molecule has 5 bridgehead atoms. The minimum absolute atomic E-state index is 0.0761. The Morgan fingerprint density at radius 1 is 1.04 bits per heavy atom. The molecule has 0 aliphatic carbocycles. The average Bonchev–Trinajstić information content (AvgIpc) is 3.54. The molecule has 4 aliphatic rings. The highest BCUT2D eigenvalue weighted by molar-refractivity contribution is 9.11. The molecule has 244 valence electrons. The van der Waals surface area contributed by atoms with Gasteiger partial charge in [0.25, 0.3) is 0 Å². The number of amides is 3. The molecule has 11 heteroatoms. The topological polar surface area (TPSA) is 125 Å². The van der Waals surface area contributed by atoms with Gasteiger partial charge in [-0.15, -0.1) is 0 Å². The minimum atomic E-state index is -1.41. The number of cyclic esters (lactones) is 1. The zero-order valence-corrected chi connectivity index (χ0v) is 28.2. The van der Waals surface area contributed by atoms with Crippen molar-refractivity contribution in [2.24, 2.45) is 17.3 Å². The summed E-state index contributed by atoms with van der Waals surface area (Å²) in [7, 11) is 0. The van der Waals surface area contributed by atoms with E-state index in [1.165, 1.54) is 4.90 Å². The number of allylic oxidation sites excluding steroid dienone is 1. The van der Waals surface area contributed by atoms with E-state index in [4.69, 9.17) is 9.47 Å². The van der Waals surface area contributed by atoms with Gasteiger partial charge in [0.2, 0.25) is 17.7 Å². The zero-order valence-electron chi connectivity index (χ0n) is 26.6. The summed E-state index contributed by atoms with van der Waals surface area (Å²) in [5.74, 6) is -3.51. The van der Waals surface area contributed by atoms with Gasteiger partial charge in [0, 0.05) is 29.5 Å². The van der Waals surface area contributed by atoms with Gasteiger partial charge in [0.15, 0.2) is 0 Å². The summed E-state index contributed by atoms with van der Waals surface area (Å²) < 4.78 is 12.8. The lowest BCUT2D eigenvalue weighted by Crippen LogP contribution is -2.61. The van der Waals surface area contributed by atoms with Crippen LogP contribution in [0.1, 0.15) is 65.5 Å². The number of hydrogen-bond acceptors (Lipinski definition) is 7. The summed E-state index contributed by atoms with van der Waals surface area (Å²) in [6, 6.07) is 7.45. The standard InChI is InChI=1S/C34H44BrN3O7/c1-32(2,3)20-33(4,5)38-15-11-7-10-14-24(40)44-19-23(21-12-8-6-9-13-21)36-29(41)25-26-30(42)37(16-17-39)28(31(38)43)34(26)18-22(35)27(25)45-34/h6-9,11-13,18,23,25-28,39H,10,14-17,19-20H2,1-5H3,(H,36,41)/b11-7-/t23-,25-,26+,27-,28-,34+/m1/s1. The van der Waals surface area contributed by atoms with Gasteiger partial charge >= 0.3 is 5.97 Å². The van der Waals surface area contributed by atoms with Crippen LogP contribution in [0.25, 0.3) is 0 Å². The van der Waals surface area contributed by atoms with Crippen LogP contribution in [-0.4, -0.2) is 88.2 Å². The minimum Gasteiger partial charge on any atom is -0.463 e. The summed E-state index contributed by atoms with van der Waals surface area (Å²) in [5, 5.41) is 13.1. The fourth-order valence-electron chi connectivity index (χ4n) is 7.74. The maximum absolute atomic E-state index is 14.9. The number of likely N-dealkylation sites (tertiary alicyclic amines) is 1. The maximum atomic E-state index is 14.9. The molecule has 0 saturated carbocycles. The van der Waals surface area contributed by atoms with E-state index in [1.54, 1.807) is 11.0 Å². The van der Waals surface area contributed by atoms with E-state index in [9.17, 15) is 24.3 Å². The Kier molecular flexibility index (Phi) is 9.37. The number of esters is 1. The average molecular weight is 687 g/mol. The number of β-amino-alcohol motifs (C(OH)–C–C–N with tert-alkyl or cyclic N) is 1. The first-order valence-electron chi connectivity index (χ1n) is 15.6. The van der Waals surface area contributed by atoms with Crippen LogP contribution in [0.3, 0.4) is 0 Å². The van der Waals surface area contributed by atoms with E-state index in [0.717, 1.165) is 5.56 Å². The third-order valence-electron chi connectivity index (χ3n) is 9.16. The first-order valence-corrected chi connectivity index (χ1v) is 16.4. The Labute approximate surface area is 273 Å². The van der Waals surface area contributed by atoms with Gasteiger partial charge in [0.1, 0.15) is 24.4 Å². The SMILES string of the molecule is CC(C)(C)CC(C)(C)N1C/C=C\CCC(=O)OC[C@H](c2ccccc2)NC(=O)[C@H]2[C@@H]3O[C@@]4(C=C3Br)[C@@H]2C(=O)N(CCO)[C@@H]4C1=O. The van der Waals surface area contributed by atoms with Crippen molar-refractivity contribution < 1.29 is 33.8 Å². The predicted octanol–water partition coefficient (Wildman–Crippen LogP) is 3.65. The monoisotopic (exact) mass is 685 g/mol. The number of hydrogen-bond donors (Lipinski definition) is 2. The highest BCUT2D eigenvalue weighted by atomic mass is 79.9. The van der Waals surface area contributed by atoms with Crippen molar-refractivity contribution in [2.75, 3.05) is 26.3 Å². The smallest absolute Gasteiger partial charge is 0.306 e. The molecule has 0 radical (unpaired) electrons. The van der Waals surface area contributed by atoms with E-state index in [1.807, 2.05) is 56.3 Å². The Hall–Kier alpha value is -3.02. The molecule has 4 heterocycles. The van der Waals surface area contributed by atoms with E-state index in [2.05, 4.69) is 42.0 Å². The van der Waals surface area contributed by atoms with Crippen LogP contribution < -0.4 is 5.32 Å². The Morgan fingerprint density at radius 2 is 1.76 bits per heavy atom. The molecule has 1 aromatic carbocycles. The molecule has 2 saturated heterocycles. The number of rotatable bonds is 5. The summed E-state index contributed by atoms with van der Waals surface area (Å²) in [6.07, 6.45) is 5.95. The van der Waals surface area contributed by atoms with Crippen molar-refractivity contribution in [3.05, 3.63) is 58.6 Å². The van der Waals surface area contributed by atoms with Crippen LogP contribution in [0.5, 0.6) is 0 Å². The number of nitrogens with one attached hydrogen (secondary N) is 1. The van der Waals surface area contributed by atoms with E-state index < -0.39 is 58.9 Å². The van der Waals surface area contributed by atoms with E-state index in [0.29, 0.717) is 17.3 Å². The Morgan fingerprint density at radius 3 is 2.42 bits per heavy atom. The molecule has 45 heavy (non-hydrogen) atoms. The second-order valence-electron chi connectivity index (χ2n) is 14.2. The Bertz CT molecular complexity index is 1390. The van der Waals surface area contributed by atoms with Crippen LogP contribution >= 0.6 is 15.9 Å². The molecule has 2 fully saturated rings. The van der Waals surface area contributed by atoms with Crippen molar-refractivity contribution in [2.45, 2.75) is 83.2 Å². The van der Waals surface area contributed by atoms with Crippen molar-refractivity contribution >= 4 is 39.6 Å². The lowest BCUT2D eigenvalue weighted by molar-refractivity contribution is -0.152. The molecule has 10 nitrogen and oxygen atoms in total. The third kappa shape index (κ3) is 6.36. The highest BCUT2D eigenvalue weighted by Gasteiger charge is 2.74. The molecule has 2 N–H and O–H groups in total. The summed E-state index contributed by atoms with van der Waals surface area (Å²) in [4.78, 5) is 59.2. The number of aliphatic hydroxyl groups is 1. The molecule has 4 aliphatic heterocycles. The largest absolute Gasteiger partial charge is 0.463 e. The van der Waals surface area contributed by atoms with Gasteiger partial charge in [-0.1, -0.05) is 79.2 Å². The maximum Gasteiger partial charge on any atom is 0.306 e. The molecule has 3 amide bonds. The van der Waals surface area contributed by atoms with Crippen LogP contribution in [0.15, 0.2) is 53.0 Å². The summed E-state index contributed by atoms with van der Waals surface area (Å²) in [5.41, 5.74) is -1.42. The van der Waals surface area contributed by atoms with Gasteiger partial charge in [-0.25, -0.2) is 0 Å². The fraction of sp³-hybridized carbons (Fsp3) is 0.588. The second kappa shape index (κ2) is 12.6. The zero-order chi connectivity index (χ0) is 32.7. The molecular formula is C34H44BrN3O7. The number of fused-ring (bicyclic) bond motifs is 2. The first-order chi connectivity index (χ1) is 21.2. The number of carbonyl (C=O) groups excluding carboxylic acids is 4. The first kappa shape index (κ1) is 33.3. The molecule has 0 unspecified atom stereocenters. The number of carbonyl (C=O) groups is 4. The number of ether oxygens (including phenoxy) is 2. The molecule has 1 spiro atoms. The highest BCUT2D eigenvalue weighted by Crippen LogP contribution is 2.59. The van der Waals surface area contributed by atoms with Gasteiger partial charge in [-0.05, 0) is 43.7 Å². The molecule has 0 aromatic heterocycles. The van der Waals surface area contributed by atoms with Gasteiger partial charge in [-0.2, -0.15) is 0 Å². The van der Waals surface area contributed by atoms with Crippen LogP contribution in [0.4, 0.5) is 0 Å². The van der Waals surface area contributed by atoms with E-state index in [-0.39, 0.29) is 44.0 Å². The molecular weight excluding hydrogens is 642 g/mol. The number of benzene rings is 1. The number of aliphatic hydroxyl groups excluding tert-OH is 1. The van der Waals surface area contributed by atoms with Gasteiger partial charge in [-0.3, -0.25) is 19.2 Å². The number of nitrogens with zero attached hydrogens (tertiary/aromatic N) is 2. The summed E-state index contributed by atoms with van der Waals surface area (Å²) in [6.45, 7) is 10.1. The second-order valence-corrected chi connectivity index (χ2v) is 15.2. The lowest BCUT2D eigenvalue weighted by Gasteiger charge is -2.45. The normalized spacial score (nSPS) is 31.9. The van der Waals surface area contributed by atoms with Crippen molar-refractivity contribution in [1.82, 2.24) is 15.1 Å². The molecule has 6 atom stereocenters. The van der Waals surface area contributed by atoms with Crippen LogP contribution in [0, 0.1) is 17.3 Å². The van der Waals surface area contributed by atoms with Crippen molar-refractivity contribution in [3.8, 4) is 0 Å². The number of halogens is 1. The van der Waals surface area contributed by atoms with Crippen molar-refractivity contribution in [3.63, 3.8) is 0 Å². The van der Waals surface area contributed by atoms with Crippen LogP contribution in [0.2, 0.25) is 0 Å². The third-order valence-corrected chi connectivity index (χ3v) is 9.84.